The highest BCUT2D eigenvalue weighted by Gasteiger charge is 2.26. The van der Waals surface area contributed by atoms with Gasteiger partial charge in [0.1, 0.15) is 5.75 Å². The highest BCUT2D eigenvalue weighted by atomic mass is 16.5. The van der Waals surface area contributed by atoms with Gasteiger partial charge in [0.15, 0.2) is 0 Å². The van der Waals surface area contributed by atoms with Crippen LogP contribution in [0, 0.1) is 13.8 Å². The van der Waals surface area contributed by atoms with Crippen LogP contribution in [0.3, 0.4) is 0 Å². The topological polar surface area (TPSA) is 97.6 Å². The summed E-state index contributed by atoms with van der Waals surface area (Å²) in [5, 5.41) is 7.68. The second kappa shape index (κ2) is 8.75. The van der Waals surface area contributed by atoms with Crippen molar-refractivity contribution in [2.24, 2.45) is 0 Å². The van der Waals surface area contributed by atoms with Gasteiger partial charge in [-0.25, -0.2) is 4.98 Å². The number of amides is 2. The number of ether oxygens (including phenoxy) is 1. The zero-order chi connectivity index (χ0) is 22.0. The Bertz CT molecular complexity index is 1100. The molecular weight excluding hydrogens is 396 g/mol. The molecule has 8 heteroatoms. The van der Waals surface area contributed by atoms with Crippen LogP contribution in [0.2, 0.25) is 0 Å². The lowest BCUT2D eigenvalue weighted by Crippen LogP contribution is -2.46. The molecule has 4 rings (SSSR count). The van der Waals surface area contributed by atoms with Crippen LogP contribution in [0.1, 0.15) is 51.9 Å². The number of hydrogen-bond donors (Lipinski definition) is 1. The van der Waals surface area contributed by atoms with Crippen LogP contribution < -0.4 is 10.1 Å². The first kappa shape index (κ1) is 20.8. The number of nitrogens with zero attached hydrogens (tertiary/aromatic N) is 3. The van der Waals surface area contributed by atoms with Crippen LogP contribution in [0.15, 0.2) is 34.9 Å². The number of aryl methyl sites for hydroxylation is 2. The monoisotopic (exact) mass is 422 g/mol. The standard InChI is InChI=1S/C23H26N4O4/c1-4-30-18-7-5-16(6-8-18)23(29)27-11-9-17(10-12-27)25-21(28)19-13-14(2)24-22-20(19)15(3)26-31-22/h5-8,13,17H,4,9-12H2,1-3H3,(H,25,28). The third-order valence-electron chi connectivity index (χ3n) is 5.52. The average molecular weight is 422 g/mol. The van der Waals surface area contributed by atoms with E-state index in [0.29, 0.717) is 66.2 Å². The summed E-state index contributed by atoms with van der Waals surface area (Å²) < 4.78 is 10.7. The zero-order valence-corrected chi connectivity index (χ0v) is 18.0. The Morgan fingerprint density at radius 3 is 2.58 bits per heavy atom. The van der Waals surface area contributed by atoms with Gasteiger partial charge in [0, 0.05) is 30.4 Å². The SMILES string of the molecule is CCOc1ccc(C(=O)N2CCC(NC(=O)c3cc(C)nc4onc(C)c34)CC2)cc1. The van der Waals surface area contributed by atoms with E-state index in [9.17, 15) is 9.59 Å². The smallest absolute Gasteiger partial charge is 0.258 e. The van der Waals surface area contributed by atoms with Crippen molar-refractivity contribution in [3.63, 3.8) is 0 Å². The van der Waals surface area contributed by atoms with Crippen LogP contribution in [-0.2, 0) is 0 Å². The van der Waals surface area contributed by atoms with E-state index in [2.05, 4.69) is 15.5 Å². The Labute approximate surface area is 180 Å². The van der Waals surface area contributed by atoms with Gasteiger partial charge in [-0.2, -0.15) is 0 Å². The molecule has 1 aliphatic heterocycles. The number of likely N-dealkylation sites (tertiary alicyclic amines) is 1. The lowest BCUT2D eigenvalue weighted by Gasteiger charge is -2.32. The van der Waals surface area contributed by atoms with Crippen molar-refractivity contribution in [2.45, 2.75) is 39.7 Å². The quantitative estimate of drug-likeness (QED) is 0.678. The van der Waals surface area contributed by atoms with Gasteiger partial charge in [-0.05, 0) is 63.9 Å². The summed E-state index contributed by atoms with van der Waals surface area (Å²) in [6.45, 7) is 7.31. The van der Waals surface area contributed by atoms with Gasteiger partial charge in [0.25, 0.3) is 17.5 Å². The molecule has 3 aromatic rings. The zero-order valence-electron chi connectivity index (χ0n) is 18.0. The van der Waals surface area contributed by atoms with Gasteiger partial charge in [0.05, 0.1) is 23.3 Å². The minimum atomic E-state index is -0.168. The van der Waals surface area contributed by atoms with Crippen molar-refractivity contribution >= 4 is 22.9 Å². The summed E-state index contributed by atoms with van der Waals surface area (Å²) in [7, 11) is 0. The molecule has 1 N–H and O–H groups in total. The van der Waals surface area contributed by atoms with E-state index in [0.717, 1.165) is 5.75 Å². The number of nitrogens with one attached hydrogen (secondary N) is 1. The predicted octanol–water partition coefficient (Wildman–Crippen LogP) is 3.27. The van der Waals surface area contributed by atoms with E-state index < -0.39 is 0 Å². The van der Waals surface area contributed by atoms with Crippen LogP contribution in [0.25, 0.3) is 11.1 Å². The number of piperidine rings is 1. The molecule has 0 saturated carbocycles. The number of pyridine rings is 1. The van der Waals surface area contributed by atoms with Crippen LogP contribution in [0.4, 0.5) is 0 Å². The number of hydrogen-bond acceptors (Lipinski definition) is 6. The molecule has 3 heterocycles. The average Bonchev–Trinajstić information content (AvgIpc) is 3.14. The predicted molar refractivity (Wildman–Crippen MR) is 115 cm³/mol. The first-order valence-corrected chi connectivity index (χ1v) is 10.5. The lowest BCUT2D eigenvalue weighted by molar-refractivity contribution is 0.0698. The summed E-state index contributed by atoms with van der Waals surface area (Å²) in [6, 6.07) is 8.97. The highest BCUT2D eigenvalue weighted by molar-refractivity contribution is 6.06. The van der Waals surface area contributed by atoms with E-state index in [4.69, 9.17) is 9.26 Å². The first-order chi connectivity index (χ1) is 15.0. The second-order valence-corrected chi connectivity index (χ2v) is 7.76. The number of rotatable bonds is 5. The Balaban J connectivity index is 1.38. The summed E-state index contributed by atoms with van der Waals surface area (Å²) in [6.07, 6.45) is 1.40. The number of carbonyl (C=O) groups excluding carboxylic acids is 2. The molecule has 31 heavy (non-hydrogen) atoms. The Morgan fingerprint density at radius 2 is 1.90 bits per heavy atom. The van der Waals surface area contributed by atoms with E-state index in [1.807, 2.05) is 30.9 Å². The van der Waals surface area contributed by atoms with Crippen molar-refractivity contribution < 1.29 is 18.8 Å². The molecule has 1 fully saturated rings. The molecule has 2 amide bonds. The number of fused-ring (bicyclic) bond motifs is 1. The fraction of sp³-hybridized carbons (Fsp3) is 0.391. The number of benzene rings is 1. The van der Waals surface area contributed by atoms with Crippen molar-refractivity contribution in [3.05, 3.63) is 52.8 Å². The van der Waals surface area contributed by atoms with Gasteiger partial charge < -0.3 is 19.5 Å². The van der Waals surface area contributed by atoms with Crippen molar-refractivity contribution in [1.82, 2.24) is 20.4 Å². The molecule has 162 valence electrons. The van der Waals surface area contributed by atoms with Gasteiger partial charge in [-0.1, -0.05) is 5.16 Å². The molecule has 1 saturated heterocycles. The Kier molecular flexibility index (Phi) is 5.88. The molecule has 0 spiro atoms. The third-order valence-corrected chi connectivity index (χ3v) is 5.52. The molecule has 0 radical (unpaired) electrons. The fourth-order valence-electron chi connectivity index (χ4n) is 3.93. The Hall–Kier alpha value is -3.42. The lowest BCUT2D eigenvalue weighted by atomic mass is 10.0. The fourth-order valence-corrected chi connectivity index (χ4v) is 3.93. The highest BCUT2D eigenvalue weighted by Crippen LogP contribution is 2.23. The largest absolute Gasteiger partial charge is 0.494 e. The van der Waals surface area contributed by atoms with Gasteiger partial charge in [-0.3, -0.25) is 9.59 Å². The van der Waals surface area contributed by atoms with E-state index in [-0.39, 0.29) is 17.9 Å². The normalized spacial score (nSPS) is 14.6. The summed E-state index contributed by atoms with van der Waals surface area (Å²) >= 11 is 0. The summed E-state index contributed by atoms with van der Waals surface area (Å²) in [5.41, 5.74) is 2.88. The van der Waals surface area contributed by atoms with Crippen LogP contribution >= 0.6 is 0 Å². The molecular formula is C23H26N4O4. The first-order valence-electron chi connectivity index (χ1n) is 10.5. The molecule has 0 unspecified atom stereocenters. The maximum atomic E-state index is 13.0. The Morgan fingerprint density at radius 1 is 1.19 bits per heavy atom. The molecule has 0 aliphatic carbocycles. The molecule has 0 atom stereocenters. The number of aromatic nitrogens is 2. The maximum Gasteiger partial charge on any atom is 0.258 e. The third kappa shape index (κ3) is 4.38. The molecule has 1 aromatic carbocycles. The molecule has 1 aliphatic rings. The van der Waals surface area contributed by atoms with Crippen molar-refractivity contribution in [2.75, 3.05) is 19.7 Å². The number of carbonyl (C=O) groups is 2. The van der Waals surface area contributed by atoms with E-state index >= 15 is 0 Å². The van der Waals surface area contributed by atoms with Gasteiger partial charge >= 0.3 is 0 Å². The van der Waals surface area contributed by atoms with Crippen LogP contribution in [-0.4, -0.2) is 52.6 Å². The minimum Gasteiger partial charge on any atom is -0.494 e. The molecule has 8 nitrogen and oxygen atoms in total. The minimum absolute atomic E-state index is 0.000526. The molecule has 0 bridgehead atoms. The van der Waals surface area contributed by atoms with Crippen LogP contribution in [0.5, 0.6) is 5.75 Å². The summed E-state index contributed by atoms with van der Waals surface area (Å²) in [4.78, 5) is 31.9. The molecule has 2 aromatic heterocycles. The van der Waals surface area contributed by atoms with Crippen molar-refractivity contribution in [1.29, 1.82) is 0 Å². The van der Waals surface area contributed by atoms with E-state index in [1.54, 1.807) is 25.1 Å². The van der Waals surface area contributed by atoms with Gasteiger partial charge in [-0.15, -0.1) is 0 Å². The maximum absolute atomic E-state index is 13.0. The second-order valence-electron chi connectivity index (χ2n) is 7.76. The summed E-state index contributed by atoms with van der Waals surface area (Å²) in [5.74, 6) is 0.585. The van der Waals surface area contributed by atoms with E-state index in [1.165, 1.54) is 0 Å². The van der Waals surface area contributed by atoms with Crippen molar-refractivity contribution in [3.8, 4) is 5.75 Å². The van der Waals surface area contributed by atoms with Gasteiger partial charge in [0.2, 0.25) is 0 Å².